The van der Waals surface area contributed by atoms with Crippen LogP contribution < -0.4 is 20.9 Å². The fourth-order valence-corrected chi connectivity index (χ4v) is 5.54. The van der Waals surface area contributed by atoms with E-state index < -0.39 is 22.0 Å². The molecule has 2 aromatic rings. The highest BCUT2D eigenvalue weighted by Gasteiger charge is 2.23. The number of hydrogen-bond acceptors (Lipinski definition) is 6. The van der Waals surface area contributed by atoms with Crippen molar-refractivity contribution < 1.29 is 22.7 Å². The lowest BCUT2D eigenvalue weighted by Crippen LogP contribution is -2.48. The average Bonchev–Trinajstić information content (AvgIpc) is 3.22. The largest absolute Gasteiger partial charge is 0.484 e. The molecule has 0 spiro atoms. The third kappa shape index (κ3) is 7.10. The van der Waals surface area contributed by atoms with Gasteiger partial charge in [0.15, 0.2) is 6.61 Å². The number of hydrogen-bond donors (Lipinski definition) is 3. The summed E-state index contributed by atoms with van der Waals surface area (Å²) in [5.74, 6) is -0.0684. The fourth-order valence-electron chi connectivity index (χ4n) is 2.51. The Morgan fingerprint density at radius 2 is 1.84 bits per heavy atom. The molecule has 0 radical (unpaired) electrons. The maximum absolute atomic E-state index is 12.5. The van der Waals surface area contributed by atoms with Crippen LogP contribution in [0.4, 0.5) is 4.79 Å². The zero-order chi connectivity index (χ0) is 23.0. The van der Waals surface area contributed by atoms with E-state index in [9.17, 15) is 18.0 Å². The van der Waals surface area contributed by atoms with Crippen molar-refractivity contribution >= 4 is 44.9 Å². The molecule has 1 aromatic heterocycles. The van der Waals surface area contributed by atoms with Crippen molar-refractivity contribution in [3.05, 3.63) is 45.8 Å². The summed E-state index contributed by atoms with van der Waals surface area (Å²) in [6, 6.07) is 7.52. The Labute approximate surface area is 190 Å². The second-order valence-electron chi connectivity index (χ2n) is 6.37. The van der Waals surface area contributed by atoms with Gasteiger partial charge in [-0.2, -0.15) is 4.31 Å². The van der Waals surface area contributed by atoms with Crippen LogP contribution in [0.5, 0.6) is 5.75 Å². The molecule has 0 unspecified atom stereocenters. The number of rotatable bonds is 9. The molecule has 0 fully saturated rings. The Morgan fingerprint density at radius 1 is 1.13 bits per heavy atom. The second-order valence-corrected chi connectivity index (χ2v) is 10.1. The lowest BCUT2D eigenvalue weighted by Gasteiger charge is -2.16. The van der Waals surface area contributed by atoms with E-state index in [1.54, 1.807) is 38.1 Å². The molecule has 3 amide bonds. The van der Waals surface area contributed by atoms with Gasteiger partial charge in [0.05, 0.1) is 6.54 Å². The summed E-state index contributed by atoms with van der Waals surface area (Å²) in [6.07, 6.45) is 0. The monoisotopic (exact) mass is 488 g/mol. The van der Waals surface area contributed by atoms with Gasteiger partial charge in [0.2, 0.25) is 0 Å². The fraction of sp³-hybridized carbons (Fsp3) is 0.368. The highest BCUT2D eigenvalue weighted by molar-refractivity contribution is 7.91. The molecule has 0 saturated heterocycles. The van der Waals surface area contributed by atoms with Crippen molar-refractivity contribution in [2.24, 2.45) is 0 Å². The van der Waals surface area contributed by atoms with Gasteiger partial charge in [-0.15, -0.1) is 11.3 Å². The Kier molecular flexibility index (Phi) is 9.11. The first kappa shape index (κ1) is 24.9. The number of nitrogens with zero attached hydrogens (tertiary/aromatic N) is 1. The molecule has 3 N–H and O–H groups in total. The van der Waals surface area contributed by atoms with E-state index in [4.69, 9.17) is 16.3 Å². The van der Waals surface area contributed by atoms with Crippen molar-refractivity contribution in [3.63, 3.8) is 0 Å². The molecule has 9 nitrogen and oxygen atoms in total. The van der Waals surface area contributed by atoms with Crippen LogP contribution in [0.15, 0.2) is 34.5 Å². The summed E-state index contributed by atoms with van der Waals surface area (Å²) < 4.78 is 31.9. The van der Waals surface area contributed by atoms with Crippen LogP contribution in [0.25, 0.3) is 0 Å². The molecule has 170 valence electrons. The van der Waals surface area contributed by atoms with Crippen molar-refractivity contribution in [1.29, 1.82) is 0 Å². The molecule has 12 heteroatoms. The summed E-state index contributed by atoms with van der Waals surface area (Å²) >= 11 is 7.02. The molecule has 0 bridgehead atoms. The molecule has 1 heterocycles. The summed E-state index contributed by atoms with van der Waals surface area (Å²) in [5.41, 5.74) is 5.25. The Balaban J connectivity index is 1.76. The average molecular weight is 489 g/mol. The van der Waals surface area contributed by atoms with Gasteiger partial charge in [-0.1, -0.05) is 25.4 Å². The van der Waals surface area contributed by atoms with E-state index in [1.165, 1.54) is 10.4 Å². The van der Waals surface area contributed by atoms with Gasteiger partial charge < -0.3 is 10.1 Å². The van der Waals surface area contributed by atoms with E-state index in [0.717, 1.165) is 16.9 Å². The number of urea groups is 1. The highest BCUT2D eigenvalue weighted by atomic mass is 35.5. The number of sulfonamides is 1. The molecule has 31 heavy (non-hydrogen) atoms. The van der Waals surface area contributed by atoms with Gasteiger partial charge in [0, 0.05) is 23.0 Å². The number of nitrogens with one attached hydrogen (secondary N) is 3. The predicted octanol–water partition coefficient (Wildman–Crippen LogP) is 2.65. The zero-order valence-corrected chi connectivity index (χ0v) is 19.8. The third-order valence-corrected chi connectivity index (χ3v) is 8.20. The summed E-state index contributed by atoms with van der Waals surface area (Å²) in [4.78, 5) is 24.3. The van der Waals surface area contributed by atoms with Gasteiger partial charge in [-0.25, -0.2) is 18.6 Å². The van der Waals surface area contributed by atoms with Crippen LogP contribution in [-0.4, -0.2) is 44.4 Å². The number of aryl methyl sites for hydroxylation is 1. The second kappa shape index (κ2) is 11.3. The van der Waals surface area contributed by atoms with Crippen molar-refractivity contribution in [2.45, 2.75) is 31.5 Å². The van der Waals surface area contributed by atoms with Gasteiger partial charge in [-0.05, 0) is 42.8 Å². The zero-order valence-electron chi connectivity index (χ0n) is 17.4. The lowest BCUT2D eigenvalue weighted by molar-refractivity contribution is -0.123. The van der Waals surface area contributed by atoms with Gasteiger partial charge in [0.25, 0.3) is 15.9 Å². The van der Waals surface area contributed by atoms with E-state index in [2.05, 4.69) is 16.2 Å². The van der Waals surface area contributed by atoms with Crippen LogP contribution in [0.2, 0.25) is 5.02 Å². The quantitative estimate of drug-likeness (QED) is 0.469. The first-order valence-electron chi connectivity index (χ1n) is 9.47. The Morgan fingerprint density at radius 3 is 2.48 bits per heavy atom. The van der Waals surface area contributed by atoms with Crippen molar-refractivity contribution in [3.8, 4) is 5.75 Å². The van der Waals surface area contributed by atoms with E-state index in [-0.39, 0.29) is 17.4 Å². The molecule has 0 saturated carbocycles. The number of amides is 3. The molecule has 2 rings (SSSR count). The van der Waals surface area contributed by atoms with Crippen molar-refractivity contribution in [1.82, 2.24) is 20.5 Å². The van der Waals surface area contributed by atoms with E-state index in [0.29, 0.717) is 28.7 Å². The first-order valence-corrected chi connectivity index (χ1v) is 12.1. The van der Waals surface area contributed by atoms with Crippen LogP contribution in [0, 0.1) is 6.92 Å². The number of hydrazine groups is 1. The molecular weight excluding hydrogens is 464 g/mol. The smallest absolute Gasteiger partial charge is 0.333 e. The maximum Gasteiger partial charge on any atom is 0.333 e. The molecule has 0 aliphatic rings. The van der Waals surface area contributed by atoms with Crippen LogP contribution >= 0.6 is 22.9 Å². The number of ether oxygens (including phenoxy) is 1. The standard InChI is InChI=1S/C19H25ClN4O5S2/c1-4-24(5-2)31(27,28)18-9-7-15(30-18)11-21-19(26)23-22-17(25)12-29-14-6-8-16(20)13(3)10-14/h6-10H,4-5,11-12H2,1-3H3,(H,22,25)(H2,21,23,26). The predicted molar refractivity (Wildman–Crippen MR) is 120 cm³/mol. The maximum atomic E-state index is 12.5. The lowest BCUT2D eigenvalue weighted by atomic mass is 10.2. The number of halogens is 1. The Hall–Kier alpha value is -2.34. The first-order chi connectivity index (χ1) is 14.7. The number of carbonyl (C=O) groups is 2. The van der Waals surface area contributed by atoms with Gasteiger partial charge in [-0.3, -0.25) is 10.2 Å². The molecule has 1 aromatic carbocycles. The summed E-state index contributed by atoms with van der Waals surface area (Å²) in [5, 5.41) is 3.14. The van der Waals surface area contributed by atoms with Crippen molar-refractivity contribution in [2.75, 3.05) is 19.7 Å². The molecule has 0 aliphatic heterocycles. The molecule has 0 aliphatic carbocycles. The normalized spacial score (nSPS) is 11.3. The van der Waals surface area contributed by atoms with Crippen LogP contribution in [-0.2, 0) is 21.4 Å². The summed E-state index contributed by atoms with van der Waals surface area (Å²) in [7, 11) is -3.53. The molecular formula is C19H25ClN4O5S2. The minimum atomic E-state index is -3.53. The van der Waals surface area contributed by atoms with E-state index in [1.807, 2.05) is 6.92 Å². The minimum Gasteiger partial charge on any atom is -0.484 e. The minimum absolute atomic E-state index is 0.112. The Bertz CT molecular complexity index is 1020. The number of thiophene rings is 1. The summed E-state index contributed by atoms with van der Waals surface area (Å²) in [6.45, 7) is 5.95. The highest BCUT2D eigenvalue weighted by Crippen LogP contribution is 2.25. The van der Waals surface area contributed by atoms with Crippen LogP contribution in [0.3, 0.4) is 0 Å². The number of benzene rings is 1. The van der Waals surface area contributed by atoms with Gasteiger partial charge in [0.1, 0.15) is 9.96 Å². The topological polar surface area (TPSA) is 117 Å². The van der Waals surface area contributed by atoms with Crippen LogP contribution in [0.1, 0.15) is 24.3 Å². The van der Waals surface area contributed by atoms with E-state index >= 15 is 0 Å². The SMILES string of the molecule is CCN(CC)S(=O)(=O)c1ccc(CNC(=O)NNC(=O)COc2ccc(Cl)c(C)c2)s1. The molecule has 0 atom stereocenters. The third-order valence-electron chi connectivity index (χ3n) is 4.17. The van der Waals surface area contributed by atoms with Gasteiger partial charge >= 0.3 is 6.03 Å². The number of carbonyl (C=O) groups excluding carboxylic acids is 2.